The largest absolute Gasteiger partial charge is 0.497 e. The summed E-state index contributed by atoms with van der Waals surface area (Å²) in [4.78, 5) is 5.43. The lowest BCUT2D eigenvalue weighted by atomic mass is 10.2. The van der Waals surface area contributed by atoms with Crippen LogP contribution in [0.4, 0.5) is 0 Å². The summed E-state index contributed by atoms with van der Waals surface area (Å²) in [5, 5.41) is 15.2. The maximum absolute atomic E-state index is 5.30. The Morgan fingerprint density at radius 1 is 0.962 bits per heavy atom. The maximum Gasteiger partial charge on any atom is 0.235 e. The fraction of sp³-hybridized carbons (Fsp3) is 0.0526. The molecule has 0 fully saturated rings. The van der Waals surface area contributed by atoms with Gasteiger partial charge in [-0.3, -0.25) is 0 Å². The van der Waals surface area contributed by atoms with Gasteiger partial charge in [0.15, 0.2) is 0 Å². The second-order valence-electron chi connectivity index (χ2n) is 5.75. The molecule has 0 aliphatic heterocycles. The summed E-state index contributed by atoms with van der Waals surface area (Å²) in [5.74, 6) is 1.43. The third kappa shape index (κ3) is 2.41. The highest BCUT2D eigenvalue weighted by Gasteiger charge is 2.16. The van der Waals surface area contributed by atoms with Crippen molar-refractivity contribution in [1.29, 1.82) is 0 Å². The lowest BCUT2D eigenvalue weighted by Crippen LogP contribution is -1.94. The smallest absolute Gasteiger partial charge is 0.235 e. The Hall–Kier alpha value is -3.32. The minimum Gasteiger partial charge on any atom is -0.497 e. The third-order valence-corrected chi connectivity index (χ3v) is 5.08. The number of hydrogen-bond acceptors (Lipinski definition) is 6. The monoisotopic (exact) mass is 359 g/mol. The molecule has 26 heavy (non-hydrogen) atoms. The Kier molecular flexibility index (Phi) is 3.39. The molecule has 126 valence electrons. The number of ether oxygens (including phenoxy) is 1. The van der Waals surface area contributed by atoms with Crippen LogP contribution >= 0.6 is 11.3 Å². The van der Waals surface area contributed by atoms with Crippen LogP contribution in [0.15, 0.2) is 60.7 Å². The van der Waals surface area contributed by atoms with Crippen LogP contribution in [-0.4, -0.2) is 31.9 Å². The fourth-order valence-corrected chi connectivity index (χ4v) is 3.68. The molecular weight excluding hydrogens is 346 g/mol. The molecule has 0 N–H and O–H groups in total. The number of para-hydroxylation sites is 1. The highest BCUT2D eigenvalue weighted by molar-refractivity contribution is 7.19. The highest BCUT2D eigenvalue weighted by Crippen LogP contribution is 2.30. The van der Waals surface area contributed by atoms with Gasteiger partial charge in [-0.1, -0.05) is 47.7 Å². The molecule has 0 aliphatic carbocycles. The van der Waals surface area contributed by atoms with Crippen molar-refractivity contribution >= 4 is 27.2 Å². The van der Waals surface area contributed by atoms with Crippen LogP contribution < -0.4 is 4.74 Å². The van der Waals surface area contributed by atoms with Crippen LogP contribution in [0.3, 0.4) is 0 Å². The van der Waals surface area contributed by atoms with Gasteiger partial charge < -0.3 is 4.74 Å². The van der Waals surface area contributed by atoms with E-state index >= 15 is 0 Å². The molecule has 0 saturated carbocycles. The van der Waals surface area contributed by atoms with Gasteiger partial charge in [-0.15, -0.1) is 10.2 Å². The van der Waals surface area contributed by atoms with Gasteiger partial charge in [0.05, 0.1) is 12.6 Å². The minimum absolute atomic E-state index is 0.635. The molecule has 0 bridgehead atoms. The number of pyridine rings is 1. The molecule has 5 rings (SSSR count). The molecule has 5 aromatic rings. The van der Waals surface area contributed by atoms with E-state index < -0.39 is 0 Å². The van der Waals surface area contributed by atoms with Gasteiger partial charge in [-0.05, 0) is 24.3 Å². The summed E-state index contributed by atoms with van der Waals surface area (Å²) in [6, 6.07) is 19.8. The van der Waals surface area contributed by atoms with Gasteiger partial charge in [-0.25, -0.2) is 4.98 Å². The van der Waals surface area contributed by atoms with Gasteiger partial charge in [-0.2, -0.15) is 9.61 Å². The van der Waals surface area contributed by atoms with Crippen molar-refractivity contribution in [2.75, 3.05) is 7.11 Å². The Morgan fingerprint density at radius 2 is 1.88 bits per heavy atom. The molecule has 0 radical (unpaired) electrons. The van der Waals surface area contributed by atoms with Crippen molar-refractivity contribution in [3.8, 4) is 27.8 Å². The van der Waals surface area contributed by atoms with E-state index in [1.807, 2.05) is 60.7 Å². The standard InChI is InChI=1S/C19H13N5OS/c1-25-14-7-4-6-13(11-14)18-23-24-17(21-22-19(24)26-18)16-10-9-12-5-2-3-8-15(12)20-16/h2-11H,1H3. The number of methoxy groups -OCH3 is 1. The van der Waals surface area contributed by atoms with E-state index in [0.717, 1.165) is 37.9 Å². The number of aromatic nitrogens is 5. The Labute approximate surface area is 152 Å². The van der Waals surface area contributed by atoms with Gasteiger partial charge in [0.1, 0.15) is 16.5 Å². The zero-order chi connectivity index (χ0) is 17.5. The van der Waals surface area contributed by atoms with Gasteiger partial charge in [0.2, 0.25) is 10.8 Å². The summed E-state index contributed by atoms with van der Waals surface area (Å²) in [7, 11) is 1.65. The van der Waals surface area contributed by atoms with Crippen LogP contribution in [0.1, 0.15) is 0 Å². The van der Waals surface area contributed by atoms with Crippen molar-refractivity contribution in [2.24, 2.45) is 0 Å². The zero-order valence-electron chi connectivity index (χ0n) is 13.8. The molecular formula is C19H13N5OS. The average molecular weight is 359 g/mol. The van der Waals surface area contributed by atoms with Gasteiger partial charge in [0, 0.05) is 10.9 Å². The van der Waals surface area contributed by atoms with E-state index in [2.05, 4.69) is 15.3 Å². The van der Waals surface area contributed by atoms with Crippen molar-refractivity contribution in [3.63, 3.8) is 0 Å². The molecule has 7 heteroatoms. The van der Waals surface area contributed by atoms with Crippen molar-refractivity contribution in [2.45, 2.75) is 0 Å². The van der Waals surface area contributed by atoms with E-state index in [1.54, 1.807) is 11.6 Å². The molecule has 0 aliphatic rings. The minimum atomic E-state index is 0.635. The predicted octanol–water partition coefficient (Wildman–Crippen LogP) is 4.08. The van der Waals surface area contributed by atoms with Crippen LogP contribution in [0.2, 0.25) is 0 Å². The Bertz CT molecular complexity index is 1240. The number of benzene rings is 2. The lowest BCUT2D eigenvalue weighted by Gasteiger charge is -2.01. The predicted molar refractivity (Wildman–Crippen MR) is 101 cm³/mol. The third-order valence-electron chi connectivity index (χ3n) is 4.14. The first-order valence-electron chi connectivity index (χ1n) is 8.05. The van der Waals surface area contributed by atoms with E-state index in [9.17, 15) is 0 Å². The van der Waals surface area contributed by atoms with Gasteiger partial charge in [0.25, 0.3) is 0 Å². The van der Waals surface area contributed by atoms with Crippen LogP contribution in [0, 0.1) is 0 Å². The number of fused-ring (bicyclic) bond motifs is 2. The van der Waals surface area contributed by atoms with Crippen LogP contribution in [0.25, 0.3) is 38.0 Å². The Balaban J connectivity index is 1.63. The summed E-state index contributed by atoms with van der Waals surface area (Å²) in [6.07, 6.45) is 0. The SMILES string of the molecule is COc1cccc(-c2nn3c(-c4ccc5ccccc5n4)nnc3s2)c1. The summed E-state index contributed by atoms with van der Waals surface area (Å²) < 4.78 is 7.04. The molecule has 3 aromatic heterocycles. The molecule has 0 spiro atoms. The quantitative estimate of drug-likeness (QED) is 0.486. The lowest BCUT2D eigenvalue weighted by molar-refractivity contribution is 0.415. The van der Waals surface area contributed by atoms with Crippen molar-refractivity contribution < 1.29 is 4.74 Å². The van der Waals surface area contributed by atoms with Gasteiger partial charge >= 0.3 is 0 Å². The van der Waals surface area contributed by atoms with E-state index in [1.165, 1.54) is 11.3 Å². The second kappa shape index (κ2) is 5.89. The second-order valence-corrected chi connectivity index (χ2v) is 6.70. The molecule has 2 aromatic carbocycles. The molecule has 0 saturated heterocycles. The molecule has 0 amide bonds. The van der Waals surface area contributed by atoms with E-state index in [4.69, 9.17) is 9.72 Å². The average Bonchev–Trinajstić information content (AvgIpc) is 3.28. The fourth-order valence-electron chi connectivity index (χ4n) is 2.84. The zero-order valence-corrected chi connectivity index (χ0v) is 14.6. The summed E-state index contributed by atoms with van der Waals surface area (Å²) in [5.41, 5.74) is 2.65. The summed E-state index contributed by atoms with van der Waals surface area (Å²) in [6.45, 7) is 0. The topological polar surface area (TPSA) is 65.2 Å². The normalized spacial score (nSPS) is 11.3. The maximum atomic E-state index is 5.30. The number of nitrogens with zero attached hydrogens (tertiary/aromatic N) is 5. The first kappa shape index (κ1) is 15.0. The molecule has 3 heterocycles. The number of rotatable bonds is 3. The summed E-state index contributed by atoms with van der Waals surface area (Å²) >= 11 is 1.48. The van der Waals surface area contributed by atoms with Crippen LogP contribution in [-0.2, 0) is 0 Å². The molecule has 0 atom stereocenters. The van der Waals surface area contributed by atoms with E-state index in [-0.39, 0.29) is 0 Å². The Morgan fingerprint density at radius 3 is 2.81 bits per heavy atom. The molecule has 6 nitrogen and oxygen atoms in total. The molecule has 0 unspecified atom stereocenters. The number of hydrogen-bond donors (Lipinski definition) is 0. The van der Waals surface area contributed by atoms with E-state index in [0.29, 0.717) is 5.82 Å². The van der Waals surface area contributed by atoms with Crippen LogP contribution in [0.5, 0.6) is 5.75 Å². The first-order chi connectivity index (χ1) is 12.8. The van der Waals surface area contributed by atoms with Crippen molar-refractivity contribution in [1.82, 2.24) is 24.8 Å². The van der Waals surface area contributed by atoms with Crippen molar-refractivity contribution in [3.05, 3.63) is 60.7 Å². The highest BCUT2D eigenvalue weighted by atomic mass is 32.1. The first-order valence-corrected chi connectivity index (χ1v) is 8.86.